The molecule has 2 unspecified atom stereocenters. The Balaban J connectivity index is 2.72. The average Bonchev–Trinajstić information content (AvgIpc) is 2.30. The van der Waals surface area contributed by atoms with Crippen molar-refractivity contribution >= 4 is 11.6 Å². The molecule has 0 aromatic heterocycles. The monoisotopic (exact) mass is 275 g/mol. The van der Waals surface area contributed by atoms with Crippen LogP contribution in [0.2, 0.25) is 5.02 Å². The second kappa shape index (κ2) is 7.04. The van der Waals surface area contributed by atoms with Crippen molar-refractivity contribution in [3.05, 3.63) is 34.6 Å². The molecule has 0 aliphatic carbocycles. The molecule has 0 bridgehead atoms. The van der Waals surface area contributed by atoms with E-state index in [1.54, 1.807) is 20.3 Å². The third kappa shape index (κ3) is 3.92. The minimum Gasteiger partial charge on any atom is -0.354 e. The van der Waals surface area contributed by atoms with E-state index in [0.29, 0.717) is 5.02 Å². The molecule has 3 nitrogen and oxygen atoms in total. The number of nitrogens with one attached hydrogen (secondary N) is 1. The Labute approximate surface area is 112 Å². The minimum absolute atomic E-state index is 0.0175. The Morgan fingerprint density at radius 2 is 1.83 bits per heavy atom. The largest absolute Gasteiger partial charge is 0.354 e. The minimum atomic E-state index is -0.341. The van der Waals surface area contributed by atoms with Gasteiger partial charge >= 0.3 is 0 Å². The molecule has 0 radical (unpaired) electrons. The predicted octanol–water partition coefficient (Wildman–Crippen LogP) is 3.14. The molecule has 1 rings (SSSR count). The number of rotatable bonds is 6. The molecule has 0 spiro atoms. The van der Waals surface area contributed by atoms with Crippen molar-refractivity contribution in [3.63, 3.8) is 0 Å². The summed E-state index contributed by atoms with van der Waals surface area (Å²) in [4.78, 5) is 0. The van der Waals surface area contributed by atoms with Crippen LogP contribution in [0.1, 0.15) is 25.5 Å². The number of hydrogen-bond donors (Lipinski definition) is 1. The highest BCUT2D eigenvalue weighted by Gasteiger charge is 2.19. The molecule has 1 N–H and O–H groups in total. The smallest absolute Gasteiger partial charge is 0.171 e. The third-order valence-electron chi connectivity index (χ3n) is 2.81. The van der Waals surface area contributed by atoms with Crippen LogP contribution in [0.15, 0.2) is 18.2 Å². The van der Waals surface area contributed by atoms with Crippen LogP contribution in [0.3, 0.4) is 0 Å². The van der Waals surface area contributed by atoms with Gasteiger partial charge in [0.15, 0.2) is 6.29 Å². The van der Waals surface area contributed by atoms with E-state index in [0.717, 1.165) is 5.56 Å². The molecule has 1 aromatic rings. The summed E-state index contributed by atoms with van der Waals surface area (Å²) >= 11 is 6.01. The maximum absolute atomic E-state index is 13.0. The molecular formula is C13H19ClFNO2. The number of hydrogen-bond acceptors (Lipinski definition) is 3. The lowest BCUT2D eigenvalue weighted by Gasteiger charge is -2.26. The molecular weight excluding hydrogens is 257 g/mol. The summed E-state index contributed by atoms with van der Waals surface area (Å²) in [5.41, 5.74) is 0.843. The second-order valence-corrected chi connectivity index (χ2v) is 4.59. The molecule has 0 aliphatic rings. The number of ether oxygens (including phenoxy) is 2. The van der Waals surface area contributed by atoms with Crippen LogP contribution >= 0.6 is 11.6 Å². The summed E-state index contributed by atoms with van der Waals surface area (Å²) in [6.07, 6.45) is -0.341. The van der Waals surface area contributed by atoms with Crippen molar-refractivity contribution in [2.45, 2.75) is 32.2 Å². The van der Waals surface area contributed by atoms with Crippen LogP contribution in [0.4, 0.5) is 4.39 Å². The topological polar surface area (TPSA) is 30.5 Å². The molecule has 5 heteroatoms. The van der Waals surface area contributed by atoms with Crippen molar-refractivity contribution in [1.82, 2.24) is 5.32 Å². The van der Waals surface area contributed by atoms with Gasteiger partial charge in [0.25, 0.3) is 0 Å². The fourth-order valence-electron chi connectivity index (χ4n) is 1.92. The van der Waals surface area contributed by atoms with Gasteiger partial charge in [-0.25, -0.2) is 4.39 Å². The Morgan fingerprint density at radius 3 is 2.33 bits per heavy atom. The van der Waals surface area contributed by atoms with E-state index in [9.17, 15) is 4.39 Å². The Kier molecular flexibility index (Phi) is 6.02. The van der Waals surface area contributed by atoms with E-state index in [1.807, 2.05) is 13.8 Å². The van der Waals surface area contributed by atoms with Crippen LogP contribution in [0.5, 0.6) is 0 Å². The zero-order valence-corrected chi connectivity index (χ0v) is 11.8. The van der Waals surface area contributed by atoms with E-state index in [4.69, 9.17) is 21.1 Å². The molecule has 0 heterocycles. The standard InChI is InChI=1S/C13H19ClFNO2/c1-8(16-9(2)13(17-3)18-4)11-6-5-10(15)7-12(11)14/h5-9,13,16H,1-4H3. The van der Waals surface area contributed by atoms with Gasteiger partial charge in [0.2, 0.25) is 0 Å². The molecule has 1 aromatic carbocycles. The first-order valence-electron chi connectivity index (χ1n) is 5.76. The zero-order valence-electron chi connectivity index (χ0n) is 11.0. The van der Waals surface area contributed by atoms with Crippen LogP contribution in [0, 0.1) is 5.82 Å². The van der Waals surface area contributed by atoms with Gasteiger partial charge < -0.3 is 14.8 Å². The summed E-state index contributed by atoms with van der Waals surface area (Å²) in [5, 5.41) is 3.71. The summed E-state index contributed by atoms with van der Waals surface area (Å²) in [7, 11) is 3.17. The number of benzene rings is 1. The first kappa shape index (κ1) is 15.4. The Hall–Kier alpha value is -0.680. The van der Waals surface area contributed by atoms with Gasteiger partial charge in [-0.3, -0.25) is 0 Å². The maximum atomic E-state index is 13.0. The van der Waals surface area contributed by atoms with E-state index in [1.165, 1.54) is 12.1 Å². The van der Waals surface area contributed by atoms with Crippen LogP contribution in [0.25, 0.3) is 0 Å². The lowest BCUT2D eigenvalue weighted by atomic mass is 10.1. The summed E-state index contributed by atoms with van der Waals surface area (Å²) in [6, 6.07) is 4.34. The molecule has 0 fully saturated rings. The van der Waals surface area contributed by atoms with Crippen molar-refractivity contribution in [2.24, 2.45) is 0 Å². The van der Waals surface area contributed by atoms with Gasteiger partial charge in [-0.05, 0) is 31.5 Å². The van der Waals surface area contributed by atoms with E-state index >= 15 is 0 Å². The third-order valence-corrected chi connectivity index (χ3v) is 3.14. The van der Waals surface area contributed by atoms with E-state index in [-0.39, 0.29) is 24.2 Å². The van der Waals surface area contributed by atoms with Gasteiger partial charge in [0, 0.05) is 25.3 Å². The van der Waals surface area contributed by atoms with Crippen molar-refractivity contribution in [1.29, 1.82) is 0 Å². The second-order valence-electron chi connectivity index (χ2n) is 4.18. The van der Waals surface area contributed by atoms with Crippen molar-refractivity contribution in [2.75, 3.05) is 14.2 Å². The summed E-state index contributed by atoms with van der Waals surface area (Å²) in [6.45, 7) is 3.91. The average molecular weight is 276 g/mol. The quantitative estimate of drug-likeness (QED) is 0.809. The highest BCUT2D eigenvalue weighted by Crippen LogP contribution is 2.24. The first-order chi connectivity index (χ1) is 8.49. The lowest BCUT2D eigenvalue weighted by molar-refractivity contribution is -0.120. The summed E-state index contributed by atoms with van der Waals surface area (Å²) < 4.78 is 23.3. The SMILES string of the molecule is COC(OC)C(C)NC(C)c1ccc(F)cc1Cl. The van der Waals surface area contributed by atoms with Gasteiger partial charge in [0.1, 0.15) is 5.82 Å². The van der Waals surface area contributed by atoms with Gasteiger partial charge in [-0.2, -0.15) is 0 Å². The van der Waals surface area contributed by atoms with Crippen LogP contribution in [-0.4, -0.2) is 26.6 Å². The highest BCUT2D eigenvalue weighted by molar-refractivity contribution is 6.31. The normalized spacial score (nSPS) is 14.8. The Morgan fingerprint density at radius 1 is 1.22 bits per heavy atom. The van der Waals surface area contributed by atoms with Gasteiger partial charge in [-0.1, -0.05) is 17.7 Å². The first-order valence-corrected chi connectivity index (χ1v) is 6.14. The zero-order chi connectivity index (χ0) is 13.7. The van der Waals surface area contributed by atoms with Gasteiger partial charge in [-0.15, -0.1) is 0 Å². The highest BCUT2D eigenvalue weighted by atomic mass is 35.5. The number of halogens is 2. The van der Waals surface area contributed by atoms with Crippen molar-refractivity contribution < 1.29 is 13.9 Å². The lowest BCUT2D eigenvalue weighted by Crippen LogP contribution is -2.40. The molecule has 102 valence electrons. The van der Waals surface area contributed by atoms with Crippen LogP contribution in [-0.2, 0) is 9.47 Å². The molecule has 2 atom stereocenters. The maximum Gasteiger partial charge on any atom is 0.171 e. The molecule has 0 saturated carbocycles. The molecule has 0 aliphatic heterocycles. The van der Waals surface area contributed by atoms with Gasteiger partial charge in [0.05, 0.1) is 6.04 Å². The Bertz CT molecular complexity index is 385. The van der Waals surface area contributed by atoms with E-state index in [2.05, 4.69) is 5.32 Å². The van der Waals surface area contributed by atoms with E-state index < -0.39 is 0 Å². The fraction of sp³-hybridized carbons (Fsp3) is 0.538. The predicted molar refractivity (Wildman–Crippen MR) is 70.2 cm³/mol. The molecule has 0 saturated heterocycles. The molecule has 18 heavy (non-hydrogen) atoms. The number of methoxy groups -OCH3 is 2. The van der Waals surface area contributed by atoms with Crippen molar-refractivity contribution in [3.8, 4) is 0 Å². The summed E-state index contributed by atoms with van der Waals surface area (Å²) in [5.74, 6) is -0.337. The fourth-order valence-corrected chi connectivity index (χ4v) is 2.25. The van der Waals surface area contributed by atoms with Crippen LogP contribution < -0.4 is 5.32 Å². The molecule has 0 amide bonds.